The van der Waals surface area contributed by atoms with Crippen LogP contribution >= 0.6 is 0 Å². The SMILES string of the molecule is CC(C)(O)/C=C/[C@@H]1CCc2ccccc2O1. The van der Waals surface area contributed by atoms with Crippen molar-refractivity contribution in [2.75, 3.05) is 0 Å². The lowest BCUT2D eigenvalue weighted by molar-refractivity contribution is 0.130. The van der Waals surface area contributed by atoms with Crippen LogP contribution in [0.3, 0.4) is 0 Å². The highest BCUT2D eigenvalue weighted by Gasteiger charge is 2.17. The van der Waals surface area contributed by atoms with Crippen molar-refractivity contribution in [2.24, 2.45) is 0 Å². The van der Waals surface area contributed by atoms with Gasteiger partial charge >= 0.3 is 0 Å². The summed E-state index contributed by atoms with van der Waals surface area (Å²) >= 11 is 0. The molecule has 0 aliphatic carbocycles. The van der Waals surface area contributed by atoms with Gasteiger partial charge in [-0.15, -0.1) is 0 Å². The minimum Gasteiger partial charge on any atom is -0.486 e. The van der Waals surface area contributed by atoms with Gasteiger partial charge in [0.2, 0.25) is 0 Å². The van der Waals surface area contributed by atoms with Crippen LogP contribution in [0.5, 0.6) is 5.75 Å². The maximum Gasteiger partial charge on any atom is 0.123 e. The van der Waals surface area contributed by atoms with E-state index < -0.39 is 5.60 Å². The zero-order valence-corrected chi connectivity index (χ0v) is 9.81. The largest absolute Gasteiger partial charge is 0.486 e. The molecule has 0 saturated heterocycles. The van der Waals surface area contributed by atoms with Crippen LogP contribution < -0.4 is 4.74 Å². The molecule has 0 saturated carbocycles. The lowest BCUT2D eigenvalue weighted by Gasteiger charge is -2.24. The molecule has 1 aliphatic heterocycles. The predicted molar refractivity (Wildman–Crippen MR) is 64.6 cm³/mol. The second-order valence-electron chi connectivity index (χ2n) is 4.82. The van der Waals surface area contributed by atoms with E-state index in [0.29, 0.717) is 0 Å². The number of para-hydroxylation sites is 1. The lowest BCUT2D eigenvalue weighted by Crippen LogP contribution is -2.22. The van der Waals surface area contributed by atoms with Crippen LogP contribution in [0, 0.1) is 0 Å². The van der Waals surface area contributed by atoms with Crippen LogP contribution in [0.25, 0.3) is 0 Å². The van der Waals surface area contributed by atoms with Crippen molar-refractivity contribution >= 4 is 0 Å². The van der Waals surface area contributed by atoms with Crippen molar-refractivity contribution in [3.8, 4) is 5.75 Å². The van der Waals surface area contributed by atoms with Gasteiger partial charge in [-0.1, -0.05) is 24.3 Å². The Morgan fingerprint density at radius 1 is 1.38 bits per heavy atom. The number of hydrogen-bond donors (Lipinski definition) is 1. The molecule has 1 aliphatic rings. The molecule has 0 unspecified atom stereocenters. The maximum absolute atomic E-state index is 9.60. The van der Waals surface area contributed by atoms with Crippen LogP contribution in [0.1, 0.15) is 25.8 Å². The fourth-order valence-electron chi connectivity index (χ4n) is 1.82. The van der Waals surface area contributed by atoms with Gasteiger partial charge in [0.05, 0.1) is 5.60 Å². The van der Waals surface area contributed by atoms with Gasteiger partial charge < -0.3 is 9.84 Å². The molecule has 0 aromatic heterocycles. The van der Waals surface area contributed by atoms with Gasteiger partial charge in [-0.3, -0.25) is 0 Å². The first-order chi connectivity index (χ1) is 7.54. The van der Waals surface area contributed by atoms with Gasteiger partial charge in [0.1, 0.15) is 11.9 Å². The molecule has 0 amide bonds. The summed E-state index contributed by atoms with van der Waals surface area (Å²) < 4.78 is 5.83. The molecule has 0 radical (unpaired) electrons. The molecule has 1 aromatic rings. The fraction of sp³-hybridized carbons (Fsp3) is 0.429. The van der Waals surface area contributed by atoms with E-state index >= 15 is 0 Å². The first-order valence-electron chi connectivity index (χ1n) is 5.71. The number of aryl methyl sites for hydroxylation is 1. The zero-order chi connectivity index (χ0) is 11.6. The summed E-state index contributed by atoms with van der Waals surface area (Å²) in [6.07, 6.45) is 5.85. The number of benzene rings is 1. The molecule has 16 heavy (non-hydrogen) atoms. The Morgan fingerprint density at radius 3 is 2.88 bits per heavy atom. The molecular formula is C14H18O2. The standard InChI is InChI=1S/C14H18O2/c1-14(2,15)10-9-12-8-7-11-5-3-4-6-13(11)16-12/h3-6,9-10,12,15H,7-8H2,1-2H3/b10-9+/t12-/m0/s1. The Balaban J connectivity index is 2.06. The molecule has 1 N–H and O–H groups in total. The Morgan fingerprint density at radius 2 is 2.12 bits per heavy atom. The third kappa shape index (κ3) is 2.86. The van der Waals surface area contributed by atoms with E-state index in [1.165, 1.54) is 5.56 Å². The van der Waals surface area contributed by atoms with E-state index in [9.17, 15) is 5.11 Å². The van der Waals surface area contributed by atoms with E-state index in [1.807, 2.05) is 24.3 Å². The molecule has 1 atom stereocenters. The monoisotopic (exact) mass is 218 g/mol. The van der Waals surface area contributed by atoms with Crippen molar-refractivity contribution < 1.29 is 9.84 Å². The van der Waals surface area contributed by atoms with Crippen LogP contribution in [-0.2, 0) is 6.42 Å². The molecule has 2 rings (SSSR count). The van der Waals surface area contributed by atoms with Gasteiger partial charge in [-0.2, -0.15) is 0 Å². The van der Waals surface area contributed by atoms with Crippen molar-refractivity contribution in [1.82, 2.24) is 0 Å². The average molecular weight is 218 g/mol. The van der Waals surface area contributed by atoms with Gasteiger partial charge in [-0.25, -0.2) is 0 Å². The molecular weight excluding hydrogens is 200 g/mol. The van der Waals surface area contributed by atoms with Gasteiger partial charge in [0.15, 0.2) is 0 Å². The van der Waals surface area contributed by atoms with Crippen LogP contribution in [-0.4, -0.2) is 16.8 Å². The van der Waals surface area contributed by atoms with E-state index in [1.54, 1.807) is 19.9 Å². The lowest BCUT2D eigenvalue weighted by atomic mass is 10.0. The van der Waals surface area contributed by atoms with Gasteiger partial charge in [-0.05, 0) is 44.4 Å². The second-order valence-corrected chi connectivity index (χ2v) is 4.82. The first kappa shape index (κ1) is 11.2. The molecule has 1 heterocycles. The number of hydrogen-bond acceptors (Lipinski definition) is 2. The third-order valence-electron chi connectivity index (χ3n) is 2.67. The summed E-state index contributed by atoms with van der Waals surface area (Å²) in [7, 11) is 0. The number of fused-ring (bicyclic) bond motifs is 1. The van der Waals surface area contributed by atoms with Crippen molar-refractivity contribution in [1.29, 1.82) is 0 Å². The van der Waals surface area contributed by atoms with Gasteiger partial charge in [0, 0.05) is 0 Å². The maximum atomic E-state index is 9.60. The van der Waals surface area contributed by atoms with Crippen molar-refractivity contribution in [3.63, 3.8) is 0 Å². The minimum absolute atomic E-state index is 0.0846. The summed E-state index contributed by atoms with van der Waals surface area (Å²) in [5, 5.41) is 9.60. The zero-order valence-electron chi connectivity index (χ0n) is 9.81. The van der Waals surface area contributed by atoms with Crippen molar-refractivity contribution in [3.05, 3.63) is 42.0 Å². The minimum atomic E-state index is -0.764. The van der Waals surface area contributed by atoms with Crippen LogP contribution in [0.2, 0.25) is 0 Å². The molecule has 1 aromatic carbocycles. The van der Waals surface area contributed by atoms with E-state index in [4.69, 9.17) is 4.74 Å². The molecule has 2 heteroatoms. The Kier molecular flexibility index (Phi) is 3.01. The smallest absolute Gasteiger partial charge is 0.123 e. The molecule has 2 nitrogen and oxygen atoms in total. The Bertz CT molecular complexity index is 388. The fourth-order valence-corrected chi connectivity index (χ4v) is 1.82. The van der Waals surface area contributed by atoms with Crippen LogP contribution in [0.15, 0.2) is 36.4 Å². The van der Waals surface area contributed by atoms with E-state index in [2.05, 4.69) is 6.07 Å². The summed E-state index contributed by atoms with van der Waals surface area (Å²) in [6, 6.07) is 8.13. The normalized spacial score (nSPS) is 20.6. The van der Waals surface area contributed by atoms with Crippen molar-refractivity contribution in [2.45, 2.75) is 38.4 Å². The van der Waals surface area contributed by atoms with Crippen LogP contribution in [0.4, 0.5) is 0 Å². The topological polar surface area (TPSA) is 29.5 Å². The quantitative estimate of drug-likeness (QED) is 0.773. The summed E-state index contributed by atoms with van der Waals surface area (Å²) in [5.74, 6) is 0.971. The second kappa shape index (κ2) is 4.30. The highest BCUT2D eigenvalue weighted by Crippen LogP contribution is 2.27. The highest BCUT2D eigenvalue weighted by molar-refractivity contribution is 5.35. The first-order valence-corrected chi connectivity index (χ1v) is 5.71. The van der Waals surface area contributed by atoms with E-state index in [0.717, 1.165) is 18.6 Å². The van der Waals surface area contributed by atoms with Gasteiger partial charge in [0.25, 0.3) is 0 Å². The highest BCUT2D eigenvalue weighted by atomic mass is 16.5. The number of aliphatic hydroxyl groups is 1. The van der Waals surface area contributed by atoms with E-state index in [-0.39, 0.29) is 6.10 Å². The summed E-state index contributed by atoms with van der Waals surface area (Å²) in [4.78, 5) is 0. The molecule has 0 fully saturated rings. The molecule has 86 valence electrons. The number of rotatable bonds is 2. The Hall–Kier alpha value is -1.28. The third-order valence-corrected chi connectivity index (χ3v) is 2.67. The summed E-state index contributed by atoms with van der Waals surface area (Å²) in [5.41, 5.74) is 0.510. The number of ether oxygens (including phenoxy) is 1. The Labute approximate surface area is 96.6 Å². The predicted octanol–water partition coefficient (Wildman–Crippen LogP) is 2.71. The molecule has 0 bridgehead atoms. The average Bonchev–Trinajstić information content (AvgIpc) is 2.25. The summed E-state index contributed by atoms with van der Waals surface area (Å²) in [6.45, 7) is 3.53. The molecule has 0 spiro atoms.